The highest BCUT2D eigenvalue weighted by atomic mass is 16.3. The Morgan fingerprint density at radius 3 is 2.53 bits per heavy atom. The second kappa shape index (κ2) is 4.94. The molecule has 15 heavy (non-hydrogen) atoms. The molecule has 0 radical (unpaired) electrons. The molecule has 1 fully saturated rings. The van der Waals surface area contributed by atoms with Crippen LogP contribution in [0.4, 0.5) is 0 Å². The number of carbonyl (C=O) groups excluding carboxylic acids is 1. The van der Waals surface area contributed by atoms with E-state index in [-0.39, 0.29) is 5.91 Å². The van der Waals surface area contributed by atoms with Crippen molar-refractivity contribution in [1.29, 1.82) is 0 Å². The topological polar surface area (TPSA) is 75.4 Å². The summed E-state index contributed by atoms with van der Waals surface area (Å²) in [5.41, 5.74) is 5.05. The first-order chi connectivity index (χ1) is 6.93. The maximum absolute atomic E-state index is 11.5. The molecule has 1 aliphatic rings. The van der Waals surface area contributed by atoms with Crippen LogP contribution >= 0.6 is 0 Å². The summed E-state index contributed by atoms with van der Waals surface area (Å²) in [5, 5.41) is 12.5. The third kappa shape index (κ3) is 3.80. The monoisotopic (exact) mass is 214 g/mol. The highest BCUT2D eigenvalue weighted by Crippen LogP contribution is 2.30. The van der Waals surface area contributed by atoms with Gasteiger partial charge in [0.2, 0.25) is 5.91 Å². The van der Waals surface area contributed by atoms with E-state index in [2.05, 4.69) is 5.32 Å². The molecule has 0 saturated heterocycles. The average molecular weight is 214 g/mol. The first-order valence-electron chi connectivity index (χ1n) is 5.69. The van der Waals surface area contributed by atoms with Gasteiger partial charge in [0, 0.05) is 6.54 Å². The quantitative estimate of drug-likeness (QED) is 0.619. The summed E-state index contributed by atoms with van der Waals surface area (Å²) >= 11 is 0. The number of nitrogens with one attached hydrogen (secondary N) is 1. The Balaban J connectivity index is 2.23. The Labute approximate surface area is 91.2 Å². The van der Waals surface area contributed by atoms with Crippen LogP contribution in [0.1, 0.15) is 39.5 Å². The minimum atomic E-state index is -0.660. The third-order valence-electron chi connectivity index (χ3n) is 2.94. The van der Waals surface area contributed by atoms with E-state index in [4.69, 9.17) is 5.73 Å². The lowest BCUT2D eigenvalue weighted by Crippen LogP contribution is -2.51. The molecule has 1 atom stereocenters. The van der Waals surface area contributed by atoms with Gasteiger partial charge in [0.05, 0.1) is 11.6 Å². The fourth-order valence-electron chi connectivity index (χ4n) is 1.76. The molecule has 1 unspecified atom stereocenters. The molecule has 0 aromatic carbocycles. The molecule has 0 bridgehead atoms. The van der Waals surface area contributed by atoms with Crippen molar-refractivity contribution in [2.45, 2.75) is 51.2 Å². The minimum Gasteiger partial charge on any atom is -0.388 e. The maximum atomic E-state index is 11.5. The Bertz CT molecular complexity index is 225. The number of hydrogen-bond donors (Lipinski definition) is 3. The van der Waals surface area contributed by atoms with E-state index in [0.717, 1.165) is 19.3 Å². The largest absolute Gasteiger partial charge is 0.388 e. The molecule has 1 rings (SSSR count). The summed E-state index contributed by atoms with van der Waals surface area (Å²) in [4.78, 5) is 11.5. The van der Waals surface area contributed by atoms with Gasteiger partial charge in [0.15, 0.2) is 0 Å². The van der Waals surface area contributed by atoms with Gasteiger partial charge in [-0.3, -0.25) is 4.79 Å². The highest BCUT2D eigenvalue weighted by molar-refractivity contribution is 5.81. The van der Waals surface area contributed by atoms with E-state index < -0.39 is 11.6 Å². The van der Waals surface area contributed by atoms with Crippen molar-refractivity contribution >= 4 is 5.91 Å². The molecule has 1 aliphatic carbocycles. The van der Waals surface area contributed by atoms with Crippen LogP contribution in [0.2, 0.25) is 0 Å². The molecule has 0 aromatic heterocycles. The van der Waals surface area contributed by atoms with Crippen molar-refractivity contribution in [3.8, 4) is 0 Å². The molecule has 4 heteroatoms. The summed E-state index contributed by atoms with van der Waals surface area (Å²) in [5.74, 6) is 0.265. The van der Waals surface area contributed by atoms with Crippen LogP contribution in [0.5, 0.6) is 0 Å². The zero-order valence-electron chi connectivity index (χ0n) is 9.62. The lowest BCUT2D eigenvalue weighted by atomic mass is 9.80. The summed E-state index contributed by atoms with van der Waals surface area (Å²) in [7, 11) is 0. The van der Waals surface area contributed by atoms with Gasteiger partial charge in [-0.2, -0.15) is 0 Å². The van der Waals surface area contributed by atoms with Gasteiger partial charge < -0.3 is 16.2 Å². The van der Waals surface area contributed by atoms with Crippen molar-refractivity contribution in [1.82, 2.24) is 5.32 Å². The fourth-order valence-corrected chi connectivity index (χ4v) is 1.76. The van der Waals surface area contributed by atoms with Crippen LogP contribution in [-0.2, 0) is 4.79 Å². The molecule has 4 nitrogen and oxygen atoms in total. The van der Waals surface area contributed by atoms with Gasteiger partial charge in [-0.15, -0.1) is 0 Å². The second-order valence-corrected chi connectivity index (χ2v) is 5.03. The van der Waals surface area contributed by atoms with Crippen molar-refractivity contribution in [3.63, 3.8) is 0 Å². The first-order valence-corrected chi connectivity index (χ1v) is 5.69. The Hall–Kier alpha value is -0.610. The summed E-state index contributed by atoms with van der Waals surface area (Å²) in [6.45, 7) is 4.41. The van der Waals surface area contributed by atoms with Gasteiger partial charge in [0.25, 0.3) is 0 Å². The van der Waals surface area contributed by atoms with E-state index in [1.54, 1.807) is 0 Å². The van der Waals surface area contributed by atoms with Gasteiger partial charge in [-0.05, 0) is 31.6 Å². The van der Waals surface area contributed by atoms with E-state index in [0.29, 0.717) is 18.9 Å². The molecule has 88 valence electrons. The van der Waals surface area contributed by atoms with E-state index >= 15 is 0 Å². The average Bonchev–Trinajstić information content (AvgIpc) is 2.10. The van der Waals surface area contributed by atoms with E-state index in [1.165, 1.54) is 0 Å². The normalized spacial score (nSPS) is 20.9. The second-order valence-electron chi connectivity index (χ2n) is 5.03. The lowest BCUT2D eigenvalue weighted by molar-refractivity contribution is -0.125. The Kier molecular flexibility index (Phi) is 4.11. The highest BCUT2D eigenvalue weighted by Gasteiger charge is 2.34. The molecule has 0 aliphatic heterocycles. The molecular formula is C11H22N2O2. The molecular weight excluding hydrogens is 192 g/mol. The fraction of sp³-hybridized carbons (Fsp3) is 0.909. The Morgan fingerprint density at radius 1 is 1.53 bits per heavy atom. The third-order valence-corrected chi connectivity index (χ3v) is 2.94. The molecule has 0 heterocycles. The van der Waals surface area contributed by atoms with Crippen LogP contribution < -0.4 is 11.1 Å². The summed E-state index contributed by atoms with van der Waals surface area (Å²) in [6.07, 6.45) is 3.30. The van der Waals surface area contributed by atoms with Gasteiger partial charge in [-0.25, -0.2) is 0 Å². The maximum Gasteiger partial charge on any atom is 0.237 e. The van der Waals surface area contributed by atoms with Gasteiger partial charge >= 0.3 is 0 Å². The lowest BCUT2D eigenvalue weighted by Gasteiger charge is -2.36. The van der Waals surface area contributed by atoms with Crippen molar-refractivity contribution < 1.29 is 9.90 Å². The predicted octanol–water partition coefficient (Wildman–Crippen LogP) is 0.391. The van der Waals surface area contributed by atoms with Crippen molar-refractivity contribution in [3.05, 3.63) is 0 Å². The number of nitrogens with two attached hydrogens (primary N) is 1. The van der Waals surface area contributed by atoms with E-state index in [1.807, 2.05) is 13.8 Å². The van der Waals surface area contributed by atoms with E-state index in [9.17, 15) is 9.90 Å². The van der Waals surface area contributed by atoms with Crippen LogP contribution in [0.3, 0.4) is 0 Å². The number of hydrogen-bond acceptors (Lipinski definition) is 3. The standard InChI is InChI=1S/C11H22N2O2/c1-8(2)6-9(12)10(14)13-7-11(15)4-3-5-11/h8-9,15H,3-7,12H2,1-2H3,(H,13,14). The minimum absolute atomic E-state index is 0.149. The predicted molar refractivity (Wildman–Crippen MR) is 59.2 cm³/mol. The zero-order chi connectivity index (χ0) is 11.5. The Morgan fingerprint density at radius 2 is 2.13 bits per heavy atom. The molecule has 0 aromatic rings. The van der Waals surface area contributed by atoms with Crippen molar-refractivity contribution in [2.24, 2.45) is 11.7 Å². The van der Waals surface area contributed by atoms with Gasteiger partial charge in [0.1, 0.15) is 0 Å². The van der Waals surface area contributed by atoms with Crippen LogP contribution in [-0.4, -0.2) is 29.2 Å². The number of amides is 1. The van der Waals surface area contributed by atoms with Crippen LogP contribution in [0.15, 0.2) is 0 Å². The summed E-state index contributed by atoms with van der Waals surface area (Å²) < 4.78 is 0. The number of carbonyl (C=O) groups is 1. The van der Waals surface area contributed by atoms with Gasteiger partial charge in [-0.1, -0.05) is 13.8 Å². The molecule has 4 N–H and O–H groups in total. The number of rotatable bonds is 5. The molecule has 1 amide bonds. The number of aliphatic hydroxyl groups is 1. The van der Waals surface area contributed by atoms with Crippen LogP contribution in [0, 0.1) is 5.92 Å². The van der Waals surface area contributed by atoms with Crippen LogP contribution in [0.25, 0.3) is 0 Å². The molecule has 1 saturated carbocycles. The molecule has 0 spiro atoms. The SMILES string of the molecule is CC(C)CC(N)C(=O)NCC1(O)CCC1. The summed E-state index contributed by atoms with van der Waals surface area (Å²) in [6, 6.07) is -0.450. The first kappa shape index (κ1) is 12.5. The zero-order valence-corrected chi connectivity index (χ0v) is 9.62. The smallest absolute Gasteiger partial charge is 0.237 e. The van der Waals surface area contributed by atoms with Crippen molar-refractivity contribution in [2.75, 3.05) is 6.54 Å².